The van der Waals surface area contributed by atoms with Crippen LogP contribution in [0.4, 0.5) is 11.5 Å². The van der Waals surface area contributed by atoms with Gasteiger partial charge < -0.3 is 10.2 Å². The van der Waals surface area contributed by atoms with Gasteiger partial charge in [-0.2, -0.15) is 5.26 Å². The molecule has 0 bridgehead atoms. The van der Waals surface area contributed by atoms with E-state index >= 15 is 0 Å². The molecule has 132 valence electrons. The van der Waals surface area contributed by atoms with Crippen LogP contribution in [0.3, 0.4) is 0 Å². The summed E-state index contributed by atoms with van der Waals surface area (Å²) in [6, 6.07) is 13.3. The van der Waals surface area contributed by atoms with E-state index in [9.17, 15) is 4.79 Å². The van der Waals surface area contributed by atoms with E-state index in [-0.39, 0.29) is 11.9 Å². The third-order valence-electron chi connectivity index (χ3n) is 4.91. The van der Waals surface area contributed by atoms with Gasteiger partial charge in [0, 0.05) is 37.4 Å². The molecule has 7 heteroatoms. The molecule has 2 saturated heterocycles. The van der Waals surface area contributed by atoms with Crippen LogP contribution in [0, 0.1) is 11.3 Å². The summed E-state index contributed by atoms with van der Waals surface area (Å²) in [5.74, 6) is 1.05. The Morgan fingerprint density at radius 3 is 2.69 bits per heavy atom. The maximum atomic E-state index is 12.8. The Morgan fingerprint density at radius 2 is 1.96 bits per heavy atom. The molecule has 1 amide bonds. The quantitative estimate of drug-likeness (QED) is 0.773. The molecule has 0 saturated carbocycles. The number of pyridine rings is 1. The Balaban J connectivity index is 1.44. The highest BCUT2D eigenvalue weighted by Gasteiger charge is 2.32. The Labute approximate surface area is 152 Å². The van der Waals surface area contributed by atoms with E-state index in [0.717, 1.165) is 18.8 Å². The van der Waals surface area contributed by atoms with E-state index in [1.165, 1.54) is 5.56 Å². The van der Waals surface area contributed by atoms with Crippen molar-refractivity contribution in [2.75, 3.05) is 29.9 Å². The minimum absolute atomic E-state index is 0.0334. The Bertz CT molecular complexity index is 838. The number of hydrazine groups is 1. The Kier molecular flexibility index (Phi) is 4.52. The van der Waals surface area contributed by atoms with Gasteiger partial charge in [-0.15, -0.1) is 0 Å². The standard InChI is InChI=1S/C19H20N6O/c20-10-13-5-7-21-18(9-13)24-17-6-8-25(19(17)26)16-3-1-14(2-4-16)15-11-22-23-12-15/h1-5,7,9,15,17,22-23H,6,8,11-12H2,(H,21,24). The first kappa shape index (κ1) is 16.5. The van der Waals surface area contributed by atoms with Gasteiger partial charge in [-0.25, -0.2) is 4.98 Å². The van der Waals surface area contributed by atoms with Crippen LogP contribution in [0.5, 0.6) is 0 Å². The average Bonchev–Trinajstić information content (AvgIpc) is 3.33. The lowest BCUT2D eigenvalue weighted by Gasteiger charge is -2.18. The first-order valence-corrected chi connectivity index (χ1v) is 8.74. The zero-order valence-electron chi connectivity index (χ0n) is 14.3. The lowest BCUT2D eigenvalue weighted by atomic mass is 10.00. The maximum absolute atomic E-state index is 12.8. The molecular weight excluding hydrogens is 328 g/mol. The molecule has 7 nitrogen and oxygen atoms in total. The fourth-order valence-corrected chi connectivity index (χ4v) is 3.45. The highest BCUT2D eigenvalue weighted by Crippen LogP contribution is 2.26. The largest absolute Gasteiger partial charge is 0.358 e. The van der Waals surface area contributed by atoms with Crippen molar-refractivity contribution in [1.29, 1.82) is 5.26 Å². The van der Waals surface area contributed by atoms with Crippen LogP contribution in [0.1, 0.15) is 23.5 Å². The number of hydrogen-bond donors (Lipinski definition) is 3. The van der Waals surface area contributed by atoms with Gasteiger partial charge in [0.2, 0.25) is 5.91 Å². The maximum Gasteiger partial charge on any atom is 0.249 e. The van der Waals surface area contributed by atoms with Crippen molar-refractivity contribution in [2.24, 2.45) is 0 Å². The molecule has 2 aliphatic heterocycles. The fraction of sp³-hybridized carbons (Fsp3) is 0.316. The van der Waals surface area contributed by atoms with Gasteiger partial charge in [-0.1, -0.05) is 12.1 Å². The van der Waals surface area contributed by atoms with E-state index < -0.39 is 0 Å². The van der Waals surface area contributed by atoms with Crippen LogP contribution < -0.4 is 21.1 Å². The molecular formula is C19H20N6O. The van der Waals surface area contributed by atoms with Crippen molar-refractivity contribution in [3.8, 4) is 6.07 Å². The molecule has 0 spiro atoms. The number of nitrogens with one attached hydrogen (secondary N) is 3. The summed E-state index contributed by atoms with van der Waals surface area (Å²) in [6.45, 7) is 2.51. The molecule has 1 aromatic heterocycles. The minimum atomic E-state index is -0.320. The zero-order valence-corrected chi connectivity index (χ0v) is 14.3. The van der Waals surface area contributed by atoms with Gasteiger partial charge in [0.25, 0.3) is 0 Å². The molecule has 4 rings (SSSR count). The summed E-state index contributed by atoms with van der Waals surface area (Å²) < 4.78 is 0. The van der Waals surface area contributed by atoms with Gasteiger partial charge in [-0.05, 0) is 36.2 Å². The molecule has 1 atom stereocenters. The molecule has 2 aromatic rings. The number of amides is 1. The Hall–Kier alpha value is -2.95. The summed E-state index contributed by atoms with van der Waals surface area (Å²) in [5, 5.41) is 12.1. The summed E-state index contributed by atoms with van der Waals surface area (Å²) >= 11 is 0. The summed E-state index contributed by atoms with van der Waals surface area (Å²) in [4.78, 5) is 18.8. The van der Waals surface area contributed by atoms with Gasteiger partial charge in [0.05, 0.1) is 11.6 Å². The van der Waals surface area contributed by atoms with Crippen LogP contribution in [0.15, 0.2) is 42.6 Å². The van der Waals surface area contributed by atoms with Gasteiger partial charge >= 0.3 is 0 Å². The molecule has 0 aliphatic carbocycles. The third kappa shape index (κ3) is 3.25. The lowest BCUT2D eigenvalue weighted by molar-refractivity contribution is -0.117. The van der Waals surface area contributed by atoms with E-state index in [0.29, 0.717) is 30.3 Å². The number of rotatable bonds is 4. The number of nitriles is 1. The number of nitrogens with zero attached hydrogens (tertiary/aromatic N) is 3. The minimum Gasteiger partial charge on any atom is -0.358 e. The van der Waals surface area contributed by atoms with E-state index in [1.54, 1.807) is 23.2 Å². The monoisotopic (exact) mass is 348 g/mol. The summed E-state index contributed by atoms with van der Waals surface area (Å²) in [6.07, 6.45) is 2.28. The second-order valence-corrected chi connectivity index (χ2v) is 6.57. The number of anilines is 2. The second-order valence-electron chi connectivity index (χ2n) is 6.57. The highest BCUT2D eigenvalue weighted by atomic mass is 16.2. The van der Waals surface area contributed by atoms with Crippen LogP contribution in [-0.2, 0) is 4.79 Å². The molecule has 2 fully saturated rings. The number of aromatic nitrogens is 1. The second kappa shape index (κ2) is 7.12. The van der Waals surface area contributed by atoms with Gasteiger partial charge in [-0.3, -0.25) is 15.6 Å². The topological polar surface area (TPSA) is 93.1 Å². The average molecular weight is 348 g/mol. The molecule has 0 radical (unpaired) electrons. The van der Waals surface area contributed by atoms with Crippen LogP contribution in [-0.4, -0.2) is 36.6 Å². The van der Waals surface area contributed by atoms with Crippen molar-refractivity contribution < 1.29 is 4.79 Å². The number of carbonyl (C=O) groups is 1. The van der Waals surface area contributed by atoms with Crippen LogP contribution >= 0.6 is 0 Å². The van der Waals surface area contributed by atoms with Crippen molar-refractivity contribution in [3.05, 3.63) is 53.7 Å². The smallest absolute Gasteiger partial charge is 0.249 e. The molecule has 1 aromatic carbocycles. The SMILES string of the molecule is N#Cc1ccnc(NC2CCN(c3ccc(C4CNNC4)cc3)C2=O)c1. The van der Waals surface area contributed by atoms with Crippen LogP contribution in [0.25, 0.3) is 0 Å². The lowest BCUT2D eigenvalue weighted by Crippen LogP contribution is -2.33. The van der Waals surface area contributed by atoms with Crippen molar-refractivity contribution in [1.82, 2.24) is 15.8 Å². The number of hydrogen-bond acceptors (Lipinski definition) is 6. The molecule has 26 heavy (non-hydrogen) atoms. The summed E-state index contributed by atoms with van der Waals surface area (Å²) in [7, 11) is 0. The van der Waals surface area contributed by atoms with Gasteiger partial charge in [0.1, 0.15) is 11.9 Å². The van der Waals surface area contributed by atoms with Crippen molar-refractivity contribution >= 4 is 17.4 Å². The number of benzene rings is 1. The summed E-state index contributed by atoms with van der Waals surface area (Å²) in [5.41, 5.74) is 8.98. The van der Waals surface area contributed by atoms with Crippen LogP contribution in [0.2, 0.25) is 0 Å². The Morgan fingerprint density at radius 1 is 1.19 bits per heavy atom. The predicted molar refractivity (Wildman–Crippen MR) is 98.5 cm³/mol. The van der Waals surface area contributed by atoms with E-state index in [2.05, 4.69) is 39.4 Å². The predicted octanol–water partition coefficient (Wildman–Crippen LogP) is 1.36. The molecule has 2 aliphatic rings. The molecule has 3 N–H and O–H groups in total. The van der Waals surface area contributed by atoms with E-state index in [1.807, 2.05) is 12.1 Å². The molecule has 1 unspecified atom stereocenters. The van der Waals surface area contributed by atoms with Gasteiger partial charge in [0.15, 0.2) is 0 Å². The number of carbonyl (C=O) groups excluding carboxylic acids is 1. The van der Waals surface area contributed by atoms with E-state index in [4.69, 9.17) is 5.26 Å². The first-order valence-electron chi connectivity index (χ1n) is 8.74. The fourth-order valence-electron chi connectivity index (χ4n) is 3.45. The zero-order chi connectivity index (χ0) is 17.9. The van der Waals surface area contributed by atoms with Crippen molar-refractivity contribution in [2.45, 2.75) is 18.4 Å². The van der Waals surface area contributed by atoms with Crippen molar-refractivity contribution in [3.63, 3.8) is 0 Å². The molecule has 3 heterocycles. The third-order valence-corrected chi connectivity index (χ3v) is 4.91. The normalized spacial score (nSPS) is 20.3. The first-order chi connectivity index (χ1) is 12.7. The highest BCUT2D eigenvalue weighted by molar-refractivity contribution is 6.00.